The summed E-state index contributed by atoms with van der Waals surface area (Å²) in [5.74, 6) is -16.8. The number of ether oxygens (including phenoxy) is 13. The smallest absolute Gasteiger partial charge is 0.408 e. The van der Waals surface area contributed by atoms with Crippen LogP contribution in [-0.2, 0) is 61.7 Å². The van der Waals surface area contributed by atoms with E-state index in [1.165, 1.54) is 35.4 Å². The number of benzene rings is 2. The Morgan fingerprint density at radius 2 is 0.853 bits per heavy atom. The van der Waals surface area contributed by atoms with Gasteiger partial charge in [-0.25, -0.2) is 36.7 Å². The zero-order valence-electron chi connectivity index (χ0n) is 38.0. The summed E-state index contributed by atoms with van der Waals surface area (Å²) in [6, 6.07) is -2.39. The monoisotopic (exact) mass is 1010 g/mol. The van der Waals surface area contributed by atoms with Crippen LogP contribution < -0.4 is 20.1 Å². The largest absolute Gasteiger partial charge is 0.447 e. The van der Waals surface area contributed by atoms with Crippen LogP contribution in [0.25, 0.3) is 0 Å². The number of carbonyl (C=O) groups excluding carboxylic acids is 4. The van der Waals surface area contributed by atoms with Gasteiger partial charge in [0, 0.05) is 46.0 Å². The fourth-order valence-corrected chi connectivity index (χ4v) is 5.34. The second kappa shape index (κ2) is 37.3. The molecule has 2 aromatic rings. The van der Waals surface area contributed by atoms with Crippen molar-refractivity contribution in [1.82, 2.24) is 10.6 Å². The molecular weight excluding hydrogens is 958 g/mol. The van der Waals surface area contributed by atoms with Crippen molar-refractivity contribution in [2.45, 2.75) is 19.0 Å². The molecule has 68 heavy (non-hydrogen) atoms. The van der Waals surface area contributed by atoms with E-state index in [9.17, 15) is 49.9 Å². The lowest BCUT2D eigenvalue weighted by atomic mass is 10.2. The summed E-state index contributed by atoms with van der Waals surface area (Å²) in [4.78, 5) is 49.0. The molecule has 2 amide bonds. The molecule has 0 bridgehead atoms. The summed E-state index contributed by atoms with van der Waals surface area (Å²) in [5, 5.41) is 4.37. The van der Waals surface area contributed by atoms with Gasteiger partial charge in [0.1, 0.15) is 19.3 Å². The van der Waals surface area contributed by atoms with Crippen LogP contribution in [0.4, 0.5) is 40.3 Å². The van der Waals surface area contributed by atoms with E-state index in [-0.39, 0.29) is 70.2 Å². The molecule has 0 spiro atoms. The maximum atomic E-state index is 14.2. The summed E-state index contributed by atoms with van der Waals surface area (Å²) < 4.78 is 161. The Morgan fingerprint density at radius 1 is 0.485 bits per heavy atom. The van der Waals surface area contributed by atoms with Crippen LogP contribution >= 0.6 is 11.8 Å². The average Bonchev–Trinajstić information content (AvgIpc) is 3.31. The van der Waals surface area contributed by atoms with Gasteiger partial charge in [0.15, 0.2) is 29.3 Å². The summed E-state index contributed by atoms with van der Waals surface area (Å²) >= 11 is 1.14. The Kier molecular flexibility index (Phi) is 33.7. The van der Waals surface area contributed by atoms with Crippen molar-refractivity contribution in [3.63, 3.8) is 0 Å². The molecule has 388 valence electrons. The zero-order chi connectivity index (χ0) is 50.7. The fraction of sp³-hybridized carbons (Fsp3) is 0.610. The molecule has 2 rings (SSSR count). The van der Waals surface area contributed by atoms with Gasteiger partial charge in [0.05, 0.1) is 92.5 Å². The summed E-state index contributed by atoms with van der Waals surface area (Å²) in [7, 11) is 6.02. The van der Waals surface area contributed by atoms with Crippen molar-refractivity contribution in [1.29, 1.82) is 0 Å². The number of nitrogens with one attached hydrogen (secondary N) is 2. The standard InChI is InChI=1S/C21H30F3NO9.C20H27F4NO8S/c1-14-12-15(22)18(24)19(17(14)23)34-20(26)16(13-32-9-8-30-6-4-28-2)25-21(27)33-11-10-31-7-5-29-3;1-28-3-5-30-7-8-32-20(27)25-15(12-34-10-9-31-6-4-29-2)19(26)33-18-16(23)13(21)11-14(22)17(18)24/h12,16H,4-11,13H2,1-3H3,(H,25,27);11,15H,3-10,12H2,1-2H3,(H,25,27)/t16-;15-/m00/s1. The SMILES string of the molecule is COCCOCCOC(=O)N[C@@H](CSCCOCCOC)C(=O)Oc1c(F)c(F)cc(F)c1F.COCCOCCOC[C@H](NC(=O)OCCOCCOC)C(=O)Oc1c(F)c(C)cc(F)c1F. The van der Waals surface area contributed by atoms with E-state index in [2.05, 4.69) is 15.4 Å². The maximum Gasteiger partial charge on any atom is 0.408 e. The number of amides is 2. The van der Waals surface area contributed by atoms with E-state index in [0.29, 0.717) is 58.1 Å². The number of aryl methyl sites for hydroxylation is 1. The third-order valence-corrected chi connectivity index (χ3v) is 8.91. The number of hydrogen-bond acceptors (Lipinski definition) is 18. The van der Waals surface area contributed by atoms with Gasteiger partial charge in [-0.1, -0.05) is 0 Å². The molecule has 0 radical (unpaired) electrons. The Morgan fingerprint density at radius 3 is 1.32 bits per heavy atom. The van der Waals surface area contributed by atoms with Gasteiger partial charge < -0.3 is 72.2 Å². The molecule has 0 aliphatic rings. The summed E-state index contributed by atoms with van der Waals surface area (Å²) in [6.45, 7) is 3.74. The Bertz CT molecular complexity index is 1620. The molecule has 0 saturated carbocycles. The van der Waals surface area contributed by atoms with Crippen LogP contribution in [0.15, 0.2) is 12.1 Å². The Hall–Kier alpha value is -4.58. The maximum absolute atomic E-state index is 14.2. The number of carbonyl (C=O) groups is 4. The van der Waals surface area contributed by atoms with Gasteiger partial charge in [-0.2, -0.15) is 24.9 Å². The highest BCUT2D eigenvalue weighted by atomic mass is 32.2. The molecule has 0 heterocycles. The van der Waals surface area contributed by atoms with Crippen molar-refractivity contribution in [2.24, 2.45) is 0 Å². The number of thioether (sulfide) groups is 1. The highest BCUT2D eigenvalue weighted by Crippen LogP contribution is 2.28. The number of hydrogen-bond donors (Lipinski definition) is 2. The minimum Gasteiger partial charge on any atom is -0.447 e. The Balaban J connectivity index is 0.000000680. The van der Waals surface area contributed by atoms with Crippen LogP contribution in [0.5, 0.6) is 11.5 Å². The van der Waals surface area contributed by atoms with E-state index in [1.807, 2.05) is 0 Å². The molecule has 0 fully saturated rings. The van der Waals surface area contributed by atoms with Gasteiger partial charge in [0.2, 0.25) is 29.0 Å². The third kappa shape index (κ3) is 25.7. The van der Waals surface area contributed by atoms with Crippen LogP contribution in [0.1, 0.15) is 5.56 Å². The van der Waals surface area contributed by atoms with E-state index < -0.39 is 95.0 Å². The van der Waals surface area contributed by atoms with Gasteiger partial charge >= 0.3 is 24.1 Å². The first-order chi connectivity index (χ1) is 32.6. The van der Waals surface area contributed by atoms with Gasteiger partial charge in [0.25, 0.3) is 0 Å². The molecule has 2 N–H and O–H groups in total. The molecule has 0 aromatic heterocycles. The van der Waals surface area contributed by atoms with Crippen molar-refractivity contribution in [3.05, 3.63) is 58.4 Å². The number of alkyl carbamates (subject to hydrolysis) is 2. The van der Waals surface area contributed by atoms with Gasteiger partial charge in [-0.05, 0) is 18.6 Å². The molecule has 0 unspecified atom stereocenters. The first kappa shape index (κ1) is 61.4. The van der Waals surface area contributed by atoms with E-state index in [4.69, 9.17) is 56.8 Å². The quantitative estimate of drug-likeness (QED) is 0.0333. The second-order valence-corrected chi connectivity index (χ2v) is 14.2. The normalized spacial score (nSPS) is 11.8. The first-order valence-electron chi connectivity index (χ1n) is 20.3. The van der Waals surface area contributed by atoms with Crippen LogP contribution in [-0.4, -0.2) is 182 Å². The molecule has 27 heteroatoms. The van der Waals surface area contributed by atoms with Gasteiger partial charge in [-0.3, -0.25) is 0 Å². The van der Waals surface area contributed by atoms with Gasteiger partial charge in [-0.15, -0.1) is 0 Å². The number of methoxy groups -OCH3 is 4. The van der Waals surface area contributed by atoms with Crippen molar-refractivity contribution in [2.75, 3.05) is 146 Å². The van der Waals surface area contributed by atoms with E-state index >= 15 is 0 Å². The minimum atomic E-state index is -1.89. The lowest BCUT2D eigenvalue weighted by molar-refractivity contribution is -0.139. The minimum absolute atomic E-state index is 0.0246. The Labute approximate surface area is 392 Å². The number of rotatable bonds is 34. The molecule has 2 aromatic carbocycles. The van der Waals surface area contributed by atoms with Crippen molar-refractivity contribution < 1.29 is 111 Å². The lowest BCUT2D eigenvalue weighted by Crippen LogP contribution is -2.46. The second-order valence-electron chi connectivity index (χ2n) is 13.0. The summed E-state index contributed by atoms with van der Waals surface area (Å²) in [5.41, 5.74) is -0.274. The topological polar surface area (TPSA) is 212 Å². The average molecular weight is 1010 g/mol. The molecule has 0 aliphatic heterocycles. The molecule has 0 aliphatic carbocycles. The van der Waals surface area contributed by atoms with E-state index in [0.717, 1.165) is 11.8 Å². The van der Waals surface area contributed by atoms with Crippen LogP contribution in [0, 0.1) is 47.6 Å². The van der Waals surface area contributed by atoms with Crippen molar-refractivity contribution in [3.8, 4) is 11.5 Å². The number of esters is 2. The lowest BCUT2D eigenvalue weighted by Gasteiger charge is -2.18. The molecule has 19 nitrogen and oxygen atoms in total. The first-order valence-corrected chi connectivity index (χ1v) is 21.5. The van der Waals surface area contributed by atoms with Crippen LogP contribution in [0.3, 0.4) is 0 Å². The number of halogens is 7. The summed E-state index contributed by atoms with van der Waals surface area (Å²) in [6.07, 6.45) is -2.07. The molecule has 0 saturated heterocycles. The molecule has 2 atom stereocenters. The van der Waals surface area contributed by atoms with Crippen molar-refractivity contribution >= 4 is 35.9 Å². The fourth-order valence-electron chi connectivity index (χ4n) is 4.48. The highest BCUT2D eigenvalue weighted by Gasteiger charge is 2.30. The predicted octanol–water partition coefficient (Wildman–Crippen LogP) is 4.06. The zero-order valence-corrected chi connectivity index (χ0v) is 38.8. The van der Waals surface area contributed by atoms with Crippen LogP contribution in [0.2, 0.25) is 0 Å². The van der Waals surface area contributed by atoms with E-state index in [1.54, 1.807) is 0 Å². The highest BCUT2D eigenvalue weighted by molar-refractivity contribution is 7.99. The third-order valence-electron chi connectivity index (χ3n) is 7.89. The predicted molar refractivity (Wildman–Crippen MR) is 224 cm³/mol. The molecular formula is C41H57F7N2O17S.